The van der Waals surface area contributed by atoms with E-state index in [9.17, 15) is 4.79 Å². The second-order valence-electron chi connectivity index (χ2n) is 7.69. The first-order chi connectivity index (χ1) is 13.9. The zero-order valence-corrected chi connectivity index (χ0v) is 17.6. The zero-order valence-electron chi connectivity index (χ0n) is 16.9. The number of carbonyl (C=O) groups excluding carboxylic acids is 1. The molecule has 0 atom stereocenters. The highest BCUT2D eigenvalue weighted by molar-refractivity contribution is 6.32. The Morgan fingerprint density at radius 2 is 1.86 bits per heavy atom. The molecule has 0 saturated carbocycles. The van der Waals surface area contributed by atoms with Crippen molar-refractivity contribution in [2.24, 2.45) is 0 Å². The molecule has 1 aromatic carbocycles. The number of fused-ring (bicyclic) bond motifs is 1. The van der Waals surface area contributed by atoms with Crippen LogP contribution in [0.4, 0.5) is 5.82 Å². The number of benzene rings is 1. The van der Waals surface area contributed by atoms with Crippen LogP contribution in [0.2, 0.25) is 5.02 Å². The van der Waals surface area contributed by atoms with Crippen LogP contribution in [-0.2, 0) is 0 Å². The number of carbonyl (C=O) groups is 1. The molecule has 3 aromatic rings. The largest absolute Gasteiger partial charge is 0.353 e. The number of hydrogen-bond donors (Lipinski definition) is 0. The number of amides is 1. The summed E-state index contributed by atoms with van der Waals surface area (Å²) in [5.41, 5.74) is 2.22. The van der Waals surface area contributed by atoms with E-state index >= 15 is 0 Å². The van der Waals surface area contributed by atoms with E-state index in [0.29, 0.717) is 29.2 Å². The molecule has 0 N–H and O–H groups in total. The maximum absolute atomic E-state index is 13.2. The van der Waals surface area contributed by atoms with Crippen LogP contribution in [-0.4, -0.2) is 51.9 Å². The van der Waals surface area contributed by atoms with E-state index in [0.717, 1.165) is 35.8 Å². The summed E-state index contributed by atoms with van der Waals surface area (Å²) in [7, 11) is 0. The molecule has 4 rings (SSSR count). The Morgan fingerprint density at radius 3 is 2.59 bits per heavy atom. The van der Waals surface area contributed by atoms with Crippen molar-refractivity contribution >= 4 is 34.2 Å². The Labute approximate surface area is 175 Å². The minimum absolute atomic E-state index is 0.0300. The van der Waals surface area contributed by atoms with Crippen molar-refractivity contribution < 1.29 is 4.79 Å². The molecule has 2 aromatic heterocycles. The standard InChI is InChI=1S/C22H24ClN5O/c1-14(2)21-25-15(3)11-19(26-21)27-7-9-28(10-8-27)22(29)18-13-17(23)12-16-5-4-6-24-20(16)18/h4-6,11-14H,7-10H2,1-3H3. The van der Waals surface area contributed by atoms with Gasteiger partial charge < -0.3 is 9.80 Å². The fourth-order valence-corrected chi connectivity index (χ4v) is 3.85. The van der Waals surface area contributed by atoms with E-state index in [-0.39, 0.29) is 11.8 Å². The topological polar surface area (TPSA) is 62.2 Å². The van der Waals surface area contributed by atoms with Gasteiger partial charge in [0.1, 0.15) is 11.6 Å². The van der Waals surface area contributed by atoms with Crippen molar-refractivity contribution in [1.82, 2.24) is 19.9 Å². The number of pyridine rings is 1. The maximum Gasteiger partial charge on any atom is 0.256 e. The van der Waals surface area contributed by atoms with Gasteiger partial charge in [0.25, 0.3) is 5.91 Å². The summed E-state index contributed by atoms with van der Waals surface area (Å²) < 4.78 is 0. The SMILES string of the molecule is Cc1cc(N2CCN(C(=O)c3cc(Cl)cc4cccnc34)CC2)nc(C(C)C)n1. The Hall–Kier alpha value is -2.73. The summed E-state index contributed by atoms with van der Waals surface area (Å²) in [5.74, 6) is 2.04. The third-order valence-electron chi connectivity index (χ3n) is 5.17. The highest BCUT2D eigenvalue weighted by Crippen LogP contribution is 2.25. The predicted molar refractivity (Wildman–Crippen MR) is 116 cm³/mol. The first-order valence-electron chi connectivity index (χ1n) is 9.86. The van der Waals surface area contributed by atoms with Crippen LogP contribution in [0.15, 0.2) is 36.5 Å². The molecular formula is C22H24ClN5O. The third kappa shape index (κ3) is 4.03. The van der Waals surface area contributed by atoms with Gasteiger partial charge in [0, 0.05) is 60.5 Å². The lowest BCUT2D eigenvalue weighted by atomic mass is 10.1. The van der Waals surface area contributed by atoms with Crippen LogP contribution >= 0.6 is 11.6 Å². The Morgan fingerprint density at radius 1 is 1.10 bits per heavy atom. The van der Waals surface area contributed by atoms with E-state index in [4.69, 9.17) is 16.6 Å². The lowest BCUT2D eigenvalue weighted by Crippen LogP contribution is -2.49. The number of piperazine rings is 1. The predicted octanol–water partition coefficient (Wildman–Crippen LogP) is 4.07. The number of nitrogens with zero attached hydrogens (tertiary/aromatic N) is 5. The molecule has 0 radical (unpaired) electrons. The van der Waals surface area contributed by atoms with Crippen LogP contribution in [0, 0.1) is 6.92 Å². The van der Waals surface area contributed by atoms with Gasteiger partial charge in [0.05, 0.1) is 11.1 Å². The lowest BCUT2D eigenvalue weighted by Gasteiger charge is -2.35. The Balaban J connectivity index is 1.53. The van der Waals surface area contributed by atoms with Gasteiger partial charge in [0.15, 0.2) is 0 Å². The number of aromatic nitrogens is 3. The molecule has 6 nitrogen and oxygen atoms in total. The summed E-state index contributed by atoms with van der Waals surface area (Å²) >= 11 is 6.24. The number of hydrogen-bond acceptors (Lipinski definition) is 5. The summed E-state index contributed by atoms with van der Waals surface area (Å²) in [6.07, 6.45) is 1.70. The van der Waals surface area contributed by atoms with Gasteiger partial charge in [-0.2, -0.15) is 0 Å². The highest BCUT2D eigenvalue weighted by atomic mass is 35.5. The fraction of sp³-hybridized carbons (Fsp3) is 0.364. The average Bonchev–Trinajstić information content (AvgIpc) is 2.72. The van der Waals surface area contributed by atoms with Crippen molar-refractivity contribution in [3.63, 3.8) is 0 Å². The van der Waals surface area contributed by atoms with E-state index in [1.807, 2.05) is 36.1 Å². The maximum atomic E-state index is 13.2. The summed E-state index contributed by atoms with van der Waals surface area (Å²) in [5, 5.41) is 1.42. The molecular weight excluding hydrogens is 386 g/mol. The Bertz CT molecular complexity index is 1060. The van der Waals surface area contributed by atoms with Crippen LogP contribution < -0.4 is 4.90 Å². The van der Waals surface area contributed by atoms with Gasteiger partial charge in [-0.3, -0.25) is 9.78 Å². The monoisotopic (exact) mass is 409 g/mol. The van der Waals surface area contributed by atoms with E-state index in [2.05, 4.69) is 28.7 Å². The molecule has 0 spiro atoms. The van der Waals surface area contributed by atoms with E-state index in [1.54, 1.807) is 12.3 Å². The second kappa shape index (κ2) is 7.95. The Kier molecular flexibility index (Phi) is 5.37. The van der Waals surface area contributed by atoms with Crippen molar-refractivity contribution in [3.8, 4) is 0 Å². The molecule has 1 amide bonds. The van der Waals surface area contributed by atoms with Crippen LogP contribution in [0.25, 0.3) is 10.9 Å². The molecule has 1 fully saturated rings. The van der Waals surface area contributed by atoms with Gasteiger partial charge in [0.2, 0.25) is 0 Å². The first-order valence-corrected chi connectivity index (χ1v) is 10.2. The van der Waals surface area contributed by atoms with E-state index < -0.39 is 0 Å². The number of halogens is 1. The minimum atomic E-state index is -0.0300. The third-order valence-corrected chi connectivity index (χ3v) is 5.38. The summed E-state index contributed by atoms with van der Waals surface area (Å²) in [6, 6.07) is 9.34. The fourth-order valence-electron chi connectivity index (χ4n) is 3.62. The quantitative estimate of drug-likeness (QED) is 0.652. The molecule has 3 heterocycles. The van der Waals surface area contributed by atoms with Gasteiger partial charge in [-0.25, -0.2) is 9.97 Å². The number of anilines is 1. The van der Waals surface area contributed by atoms with Crippen molar-refractivity contribution in [2.45, 2.75) is 26.7 Å². The lowest BCUT2D eigenvalue weighted by molar-refractivity contribution is 0.0748. The van der Waals surface area contributed by atoms with Crippen molar-refractivity contribution in [3.05, 3.63) is 58.6 Å². The smallest absolute Gasteiger partial charge is 0.256 e. The highest BCUT2D eigenvalue weighted by Gasteiger charge is 2.25. The van der Waals surface area contributed by atoms with Crippen molar-refractivity contribution in [1.29, 1.82) is 0 Å². The minimum Gasteiger partial charge on any atom is -0.353 e. The number of rotatable bonds is 3. The summed E-state index contributed by atoms with van der Waals surface area (Å²) in [4.78, 5) is 30.9. The normalized spacial score (nSPS) is 14.7. The molecule has 1 aliphatic heterocycles. The molecule has 0 bridgehead atoms. The van der Waals surface area contributed by atoms with Crippen LogP contribution in [0.5, 0.6) is 0 Å². The van der Waals surface area contributed by atoms with Gasteiger partial charge in [-0.1, -0.05) is 31.5 Å². The van der Waals surface area contributed by atoms with Gasteiger partial charge in [-0.15, -0.1) is 0 Å². The average molecular weight is 410 g/mol. The molecule has 1 saturated heterocycles. The van der Waals surface area contributed by atoms with E-state index in [1.165, 1.54) is 0 Å². The first kappa shape index (κ1) is 19.6. The molecule has 7 heteroatoms. The molecule has 29 heavy (non-hydrogen) atoms. The molecule has 0 aliphatic carbocycles. The molecule has 150 valence electrons. The van der Waals surface area contributed by atoms with Gasteiger partial charge in [-0.05, 0) is 25.1 Å². The van der Waals surface area contributed by atoms with Crippen molar-refractivity contribution in [2.75, 3.05) is 31.1 Å². The van der Waals surface area contributed by atoms with Crippen LogP contribution in [0.3, 0.4) is 0 Å². The molecule has 1 aliphatic rings. The summed E-state index contributed by atoms with van der Waals surface area (Å²) in [6.45, 7) is 8.89. The number of aryl methyl sites for hydroxylation is 1. The molecule has 0 unspecified atom stereocenters. The van der Waals surface area contributed by atoms with Gasteiger partial charge >= 0.3 is 0 Å². The zero-order chi connectivity index (χ0) is 20.5. The second-order valence-corrected chi connectivity index (χ2v) is 8.12. The van der Waals surface area contributed by atoms with Crippen LogP contribution in [0.1, 0.15) is 41.6 Å².